The van der Waals surface area contributed by atoms with Crippen LogP contribution in [0.1, 0.15) is 53.4 Å². The van der Waals surface area contributed by atoms with Gasteiger partial charge in [0.25, 0.3) is 0 Å². The van der Waals surface area contributed by atoms with E-state index in [0.717, 1.165) is 25.8 Å². The summed E-state index contributed by atoms with van der Waals surface area (Å²) >= 11 is 0. The number of oxime groups is 1. The Morgan fingerprint density at radius 1 is 1.50 bits per heavy atom. The number of nitrogens with zero attached hydrogens (tertiary/aromatic N) is 2. The molecule has 0 radical (unpaired) electrons. The van der Waals surface area contributed by atoms with Gasteiger partial charge in [0.2, 0.25) is 5.91 Å². The summed E-state index contributed by atoms with van der Waals surface area (Å²) in [6.45, 7) is 10.1. The molecule has 0 aromatic rings. The van der Waals surface area contributed by atoms with Crippen LogP contribution in [-0.2, 0) is 4.79 Å². The molecule has 1 saturated heterocycles. The first-order chi connectivity index (χ1) is 9.23. The van der Waals surface area contributed by atoms with Crippen LogP contribution in [0, 0.1) is 17.3 Å². The molecule has 0 aliphatic carbocycles. The second kappa shape index (κ2) is 6.95. The van der Waals surface area contributed by atoms with Gasteiger partial charge in [-0.05, 0) is 30.6 Å². The molecule has 116 valence electrons. The van der Waals surface area contributed by atoms with Crippen LogP contribution in [0.15, 0.2) is 5.16 Å². The maximum Gasteiger partial charge on any atom is 0.222 e. The van der Waals surface area contributed by atoms with E-state index in [2.05, 4.69) is 32.9 Å². The normalized spacial score (nSPS) is 22.7. The summed E-state index contributed by atoms with van der Waals surface area (Å²) in [5, 5.41) is 11.8. The zero-order valence-corrected chi connectivity index (χ0v) is 13.2. The van der Waals surface area contributed by atoms with E-state index in [1.165, 1.54) is 0 Å². The lowest BCUT2D eigenvalue weighted by Gasteiger charge is -2.33. The molecule has 3 N–H and O–H groups in total. The van der Waals surface area contributed by atoms with Crippen LogP contribution >= 0.6 is 0 Å². The summed E-state index contributed by atoms with van der Waals surface area (Å²) < 4.78 is 0. The van der Waals surface area contributed by atoms with E-state index in [0.29, 0.717) is 18.9 Å². The summed E-state index contributed by atoms with van der Waals surface area (Å²) in [6.07, 6.45) is 3.42. The summed E-state index contributed by atoms with van der Waals surface area (Å²) in [5.41, 5.74) is 5.90. The molecule has 2 atom stereocenters. The lowest BCUT2D eigenvalue weighted by molar-refractivity contribution is -0.133. The van der Waals surface area contributed by atoms with Crippen LogP contribution in [0.25, 0.3) is 0 Å². The van der Waals surface area contributed by atoms with E-state index >= 15 is 0 Å². The average Bonchev–Trinajstić information content (AvgIpc) is 2.35. The SMILES string of the molecule is CC(CC(=O)N1CCCC(C(N)=NO)C1)CC(C)(C)C. The quantitative estimate of drug-likeness (QED) is 0.360. The van der Waals surface area contributed by atoms with Crippen LogP contribution < -0.4 is 5.73 Å². The number of carbonyl (C=O) groups is 1. The highest BCUT2D eigenvalue weighted by Gasteiger charge is 2.27. The van der Waals surface area contributed by atoms with Crippen molar-refractivity contribution in [1.29, 1.82) is 0 Å². The van der Waals surface area contributed by atoms with Gasteiger partial charge in [-0.2, -0.15) is 0 Å². The molecule has 0 aromatic heterocycles. The third-order valence-corrected chi connectivity index (χ3v) is 3.79. The molecule has 2 unspecified atom stereocenters. The molecule has 1 heterocycles. The monoisotopic (exact) mass is 283 g/mol. The molecule has 0 aromatic carbocycles. The summed E-state index contributed by atoms with van der Waals surface area (Å²) in [7, 11) is 0. The number of piperidine rings is 1. The first-order valence-electron chi connectivity index (χ1n) is 7.48. The van der Waals surface area contributed by atoms with Crippen LogP contribution in [0.5, 0.6) is 0 Å². The fourth-order valence-electron chi connectivity index (χ4n) is 3.07. The topological polar surface area (TPSA) is 78.9 Å². The molecule has 20 heavy (non-hydrogen) atoms. The minimum atomic E-state index is -0.00405. The van der Waals surface area contributed by atoms with E-state index in [1.54, 1.807) is 0 Å². The number of amides is 1. The van der Waals surface area contributed by atoms with Crippen molar-refractivity contribution in [1.82, 2.24) is 4.90 Å². The fourth-order valence-corrected chi connectivity index (χ4v) is 3.07. The predicted molar refractivity (Wildman–Crippen MR) is 80.6 cm³/mol. The maximum atomic E-state index is 12.3. The van der Waals surface area contributed by atoms with Gasteiger partial charge in [-0.25, -0.2) is 0 Å². The summed E-state index contributed by atoms with van der Waals surface area (Å²) in [4.78, 5) is 14.2. The number of carbonyl (C=O) groups excluding carboxylic acids is 1. The van der Waals surface area contributed by atoms with E-state index in [9.17, 15) is 4.79 Å². The third kappa shape index (κ3) is 5.39. The molecular formula is C15H29N3O2. The van der Waals surface area contributed by atoms with Crippen LogP contribution in [0.2, 0.25) is 0 Å². The van der Waals surface area contributed by atoms with Crippen LogP contribution in [0.3, 0.4) is 0 Å². The van der Waals surface area contributed by atoms with Crippen molar-refractivity contribution in [2.75, 3.05) is 13.1 Å². The van der Waals surface area contributed by atoms with Crippen molar-refractivity contribution in [2.45, 2.75) is 53.4 Å². The second-order valence-electron chi connectivity index (χ2n) is 7.28. The van der Waals surface area contributed by atoms with E-state index in [-0.39, 0.29) is 23.1 Å². The first kappa shape index (κ1) is 16.8. The highest BCUT2D eigenvalue weighted by Crippen LogP contribution is 2.27. The molecule has 1 aliphatic rings. The third-order valence-electron chi connectivity index (χ3n) is 3.79. The number of hydrogen-bond donors (Lipinski definition) is 2. The Morgan fingerprint density at radius 3 is 2.70 bits per heavy atom. The van der Waals surface area contributed by atoms with Gasteiger partial charge in [-0.1, -0.05) is 32.9 Å². The Hall–Kier alpha value is -1.26. The molecular weight excluding hydrogens is 254 g/mol. The standard InChI is InChI=1S/C15H29N3O2/c1-11(9-15(2,3)4)8-13(19)18-7-5-6-12(10-18)14(16)17-20/h11-12,20H,5-10H2,1-4H3,(H2,16,17). The number of hydrogen-bond acceptors (Lipinski definition) is 3. The number of amidine groups is 1. The van der Waals surface area contributed by atoms with Gasteiger partial charge in [-0.3, -0.25) is 4.79 Å². The van der Waals surface area contributed by atoms with Crippen molar-refractivity contribution in [2.24, 2.45) is 28.1 Å². The summed E-state index contributed by atoms with van der Waals surface area (Å²) in [5.74, 6) is 0.810. The highest BCUT2D eigenvalue weighted by atomic mass is 16.4. The number of likely N-dealkylation sites (tertiary alicyclic amines) is 1. The lowest BCUT2D eigenvalue weighted by atomic mass is 9.84. The van der Waals surface area contributed by atoms with Crippen molar-refractivity contribution in [3.63, 3.8) is 0 Å². The van der Waals surface area contributed by atoms with E-state index in [4.69, 9.17) is 10.9 Å². The molecule has 0 bridgehead atoms. The Labute approximate surface area is 122 Å². The molecule has 1 amide bonds. The van der Waals surface area contributed by atoms with Crippen molar-refractivity contribution in [3.8, 4) is 0 Å². The van der Waals surface area contributed by atoms with Gasteiger partial charge in [0.15, 0.2) is 0 Å². The Balaban J connectivity index is 2.51. The van der Waals surface area contributed by atoms with Gasteiger partial charge in [0.05, 0.1) is 0 Å². The number of rotatable bonds is 4. The fraction of sp³-hybridized carbons (Fsp3) is 0.867. The molecule has 5 nitrogen and oxygen atoms in total. The molecule has 1 aliphatic heterocycles. The minimum Gasteiger partial charge on any atom is -0.409 e. The van der Waals surface area contributed by atoms with Crippen LogP contribution in [-0.4, -0.2) is 34.9 Å². The maximum absolute atomic E-state index is 12.3. The largest absolute Gasteiger partial charge is 0.409 e. The smallest absolute Gasteiger partial charge is 0.222 e. The minimum absolute atomic E-state index is 0.00405. The van der Waals surface area contributed by atoms with Gasteiger partial charge < -0.3 is 15.8 Å². The Kier molecular flexibility index (Phi) is 5.84. The Morgan fingerprint density at radius 2 is 2.15 bits per heavy atom. The van der Waals surface area contributed by atoms with Gasteiger partial charge in [-0.15, -0.1) is 0 Å². The zero-order chi connectivity index (χ0) is 15.3. The molecule has 5 heteroatoms. The van der Waals surface area contributed by atoms with Gasteiger partial charge >= 0.3 is 0 Å². The predicted octanol–water partition coefficient (Wildman–Crippen LogP) is 2.43. The lowest BCUT2D eigenvalue weighted by Crippen LogP contribution is -2.44. The van der Waals surface area contributed by atoms with E-state index in [1.807, 2.05) is 4.90 Å². The molecule has 1 fully saturated rings. The second-order valence-corrected chi connectivity index (χ2v) is 7.28. The van der Waals surface area contributed by atoms with E-state index < -0.39 is 0 Å². The van der Waals surface area contributed by atoms with Crippen molar-refractivity contribution in [3.05, 3.63) is 0 Å². The molecule has 0 spiro atoms. The zero-order valence-electron chi connectivity index (χ0n) is 13.2. The van der Waals surface area contributed by atoms with Gasteiger partial charge in [0.1, 0.15) is 5.84 Å². The average molecular weight is 283 g/mol. The molecule has 0 saturated carbocycles. The van der Waals surface area contributed by atoms with Crippen molar-refractivity contribution < 1.29 is 10.0 Å². The summed E-state index contributed by atoms with van der Waals surface area (Å²) in [6, 6.07) is 0. The Bertz CT molecular complexity index is 361. The van der Waals surface area contributed by atoms with Crippen LogP contribution in [0.4, 0.5) is 0 Å². The number of nitrogens with two attached hydrogens (primary N) is 1. The van der Waals surface area contributed by atoms with Gasteiger partial charge in [0, 0.05) is 25.4 Å². The molecule has 1 rings (SSSR count). The van der Waals surface area contributed by atoms with Crippen molar-refractivity contribution >= 4 is 11.7 Å². The highest BCUT2D eigenvalue weighted by molar-refractivity contribution is 5.84. The first-order valence-corrected chi connectivity index (χ1v) is 7.48.